The van der Waals surface area contributed by atoms with Crippen LogP contribution in [0, 0.1) is 0 Å². The first-order valence-corrected chi connectivity index (χ1v) is 6.21. The highest BCUT2D eigenvalue weighted by Gasteiger charge is 2.15. The maximum atomic E-state index is 11.1. The lowest BCUT2D eigenvalue weighted by Crippen LogP contribution is -1.90. The molecule has 0 atom stereocenters. The van der Waals surface area contributed by atoms with Crippen molar-refractivity contribution in [1.29, 1.82) is 0 Å². The van der Waals surface area contributed by atoms with Crippen LogP contribution in [0.15, 0.2) is 27.6 Å². The summed E-state index contributed by atoms with van der Waals surface area (Å²) in [4.78, 5) is -0.0156. The van der Waals surface area contributed by atoms with Crippen LogP contribution in [0.4, 0.5) is 0 Å². The van der Waals surface area contributed by atoms with E-state index in [-0.39, 0.29) is 10.8 Å². The Balaban J connectivity index is 2.73. The van der Waals surface area contributed by atoms with Crippen molar-refractivity contribution >= 4 is 30.7 Å². The Kier molecular flexibility index (Phi) is 2.32. The largest absolute Gasteiger partial charge is 0.478 e. The molecule has 0 N–H and O–H groups in total. The summed E-state index contributed by atoms with van der Waals surface area (Å²) in [5.41, 5.74) is 0.441. The van der Waals surface area contributed by atoms with Crippen molar-refractivity contribution in [2.45, 2.75) is 4.90 Å². The zero-order valence-corrected chi connectivity index (χ0v) is 9.17. The minimum atomic E-state index is -3.75. The number of nitrogens with zero attached hydrogens (tertiary/aromatic N) is 1. The number of hydrogen-bond acceptors (Lipinski definition) is 5. The predicted octanol–water partition coefficient (Wildman–Crippen LogP) is 1.76. The van der Waals surface area contributed by atoms with Crippen LogP contribution < -0.4 is 4.74 Å². The summed E-state index contributed by atoms with van der Waals surface area (Å²) < 4.78 is 31.9. The van der Waals surface area contributed by atoms with Crippen LogP contribution in [0.2, 0.25) is 0 Å². The average molecular weight is 248 g/mol. The Hall–Kier alpha value is -1.27. The van der Waals surface area contributed by atoms with Crippen LogP contribution in [0.5, 0.6) is 5.88 Å². The van der Waals surface area contributed by atoms with E-state index in [1.165, 1.54) is 25.3 Å². The highest BCUT2D eigenvalue weighted by Crippen LogP contribution is 2.28. The number of aromatic nitrogens is 1. The van der Waals surface area contributed by atoms with E-state index in [9.17, 15) is 8.42 Å². The van der Waals surface area contributed by atoms with Gasteiger partial charge in [-0.25, -0.2) is 8.42 Å². The van der Waals surface area contributed by atoms with E-state index >= 15 is 0 Å². The third-order valence-electron chi connectivity index (χ3n) is 1.88. The van der Waals surface area contributed by atoms with Crippen molar-refractivity contribution in [3.63, 3.8) is 0 Å². The number of methoxy groups -OCH3 is 1. The lowest BCUT2D eigenvalue weighted by atomic mass is 10.3. The number of ether oxygens (including phenoxy) is 1. The van der Waals surface area contributed by atoms with Crippen LogP contribution in [0.25, 0.3) is 11.0 Å². The van der Waals surface area contributed by atoms with Gasteiger partial charge in [0.05, 0.1) is 17.4 Å². The molecule has 15 heavy (non-hydrogen) atoms. The maximum absolute atomic E-state index is 11.1. The lowest BCUT2D eigenvalue weighted by molar-refractivity contribution is 0.350. The van der Waals surface area contributed by atoms with Crippen molar-refractivity contribution in [1.82, 2.24) is 5.16 Å². The third-order valence-corrected chi connectivity index (χ3v) is 3.23. The van der Waals surface area contributed by atoms with E-state index in [4.69, 9.17) is 19.9 Å². The molecule has 0 aliphatic rings. The third kappa shape index (κ3) is 1.78. The zero-order valence-electron chi connectivity index (χ0n) is 7.60. The molecule has 7 heteroatoms. The normalized spacial score (nSPS) is 11.9. The van der Waals surface area contributed by atoms with Crippen LogP contribution in [-0.2, 0) is 9.05 Å². The van der Waals surface area contributed by atoms with Gasteiger partial charge in [-0.15, -0.1) is 0 Å². The van der Waals surface area contributed by atoms with Gasteiger partial charge < -0.3 is 9.26 Å². The van der Waals surface area contributed by atoms with E-state index in [1.807, 2.05) is 0 Å². The predicted molar refractivity (Wildman–Crippen MR) is 53.6 cm³/mol. The van der Waals surface area contributed by atoms with Crippen LogP contribution in [0.3, 0.4) is 0 Å². The first kappa shape index (κ1) is 10.3. The fourth-order valence-corrected chi connectivity index (χ4v) is 1.97. The summed E-state index contributed by atoms with van der Waals surface area (Å²) in [5, 5.41) is 4.07. The van der Waals surface area contributed by atoms with Gasteiger partial charge in [-0.1, -0.05) is 0 Å². The molecular weight excluding hydrogens is 242 g/mol. The van der Waals surface area contributed by atoms with E-state index in [2.05, 4.69) is 5.16 Å². The van der Waals surface area contributed by atoms with Gasteiger partial charge in [-0.3, -0.25) is 0 Å². The molecule has 0 saturated carbocycles. The monoisotopic (exact) mass is 247 g/mol. The van der Waals surface area contributed by atoms with Gasteiger partial charge in [-0.2, -0.15) is 0 Å². The van der Waals surface area contributed by atoms with Crippen molar-refractivity contribution in [2.24, 2.45) is 0 Å². The Morgan fingerprint density at radius 1 is 1.47 bits per heavy atom. The van der Waals surface area contributed by atoms with Gasteiger partial charge in [-0.05, 0) is 23.4 Å². The standard InChI is InChI=1S/C8H6ClNO4S/c1-13-8-6-4-5(15(9,11)12)2-3-7(6)14-10-8/h2-4H,1H3. The highest BCUT2D eigenvalue weighted by molar-refractivity contribution is 8.13. The van der Waals surface area contributed by atoms with Crippen molar-refractivity contribution in [2.75, 3.05) is 7.11 Å². The van der Waals surface area contributed by atoms with Crippen molar-refractivity contribution < 1.29 is 17.7 Å². The topological polar surface area (TPSA) is 69.4 Å². The lowest BCUT2D eigenvalue weighted by Gasteiger charge is -1.95. The molecule has 0 aliphatic heterocycles. The summed E-state index contributed by atoms with van der Waals surface area (Å²) >= 11 is 0. The second-order valence-corrected chi connectivity index (χ2v) is 5.35. The zero-order chi connectivity index (χ0) is 11.1. The molecule has 1 heterocycles. The molecule has 5 nitrogen and oxygen atoms in total. The van der Waals surface area contributed by atoms with Crippen molar-refractivity contribution in [3.05, 3.63) is 18.2 Å². The maximum Gasteiger partial charge on any atom is 0.261 e. The molecule has 0 aliphatic carbocycles. The molecular formula is C8H6ClNO4S. The Bertz CT molecular complexity index is 604. The van der Waals surface area contributed by atoms with Gasteiger partial charge >= 0.3 is 0 Å². The first-order chi connectivity index (χ1) is 7.02. The molecule has 0 fully saturated rings. The molecule has 1 aromatic carbocycles. The molecule has 2 rings (SSSR count). The van der Waals surface area contributed by atoms with Gasteiger partial charge in [0.1, 0.15) is 0 Å². The number of halogens is 1. The number of fused-ring (bicyclic) bond motifs is 1. The number of rotatable bonds is 2. The smallest absolute Gasteiger partial charge is 0.261 e. The summed E-state index contributed by atoms with van der Waals surface area (Å²) in [6, 6.07) is 4.17. The van der Waals surface area contributed by atoms with E-state index in [0.717, 1.165) is 0 Å². The number of hydrogen-bond donors (Lipinski definition) is 0. The SMILES string of the molecule is COc1noc2ccc(S(=O)(=O)Cl)cc12. The average Bonchev–Trinajstić information content (AvgIpc) is 2.57. The molecule has 80 valence electrons. The van der Waals surface area contributed by atoms with Gasteiger partial charge in [0, 0.05) is 10.7 Å². The molecule has 0 radical (unpaired) electrons. The first-order valence-electron chi connectivity index (χ1n) is 3.90. The minimum Gasteiger partial charge on any atom is -0.478 e. The molecule has 0 unspecified atom stereocenters. The van der Waals surface area contributed by atoms with E-state index < -0.39 is 9.05 Å². The second-order valence-electron chi connectivity index (χ2n) is 2.79. The summed E-state index contributed by atoms with van der Waals surface area (Å²) in [6.45, 7) is 0. The molecule has 0 saturated heterocycles. The van der Waals surface area contributed by atoms with Gasteiger partial charge in [0.2, 0.25) is 0 Å². The number of benzene rings is 1. The highest BCUT2D eigenvalue weighted by atomic mass is 35.7. The van der Waals surface area contributed by atoms with Gasteiger partial charge in [0.25, 0.3) is 14.9 Å². The van der Waals surface area contributed by atoms with E-state index in [1.54, 1.807) is 0 Å². The Morgan fingerprint density at radius 2 is 2.20 bits per heavy atom. The van der Waals surface area contributed by atoms with Crippen LogP contribution in [-0.4, -0.2) is 20.7 Å². The molecule has 0 bridgehead atoms. The van der Waals surface area contributed by atoms with Crippen LogP contribution in [0.1, 0.15) is 0 Å². The second kappa shape index (κ2) is 3.39. The summed E-state index contributed by atoms with van der Waals surface area (Å²) in [5.74, 6) is 0.229. The Morgan fingerprint density at radius 3 is 2.80 bits per heavy atom. The molecule has 1 aromatic heterocycles. The fraction of sp³-hybridized carbons (Fsp3) is 0.125. The summed E-state index contributed by atoms with van der Waals surface area (Å²) in [7, 11) is 2.87. The fourth-order valence-electron chi connectivity index (χ4n) is 1.19. The van der Waals surface area contributed by atoms with E-state index in [0.29, 0.717) is 11.0 Å². The van der Waals surface area contributed by atoms with Crippen LogP contribution >= 0.6 is 10.7 Å². The Labute approximate surface area is 90.0 Å². The minimum absolute atomic E-state index is 0.0156. The molecule has 2 aromatic rings. The van der Waals surface area contributed by atoms with Crippen molar-refractivity contribution in [3.8, 4) is 5.88 Å². The van der Waals surface area contributed by atoms with Gasteiger partial charge in [0.15, 0.2) is 5.58 Å². The summed E-state index contributed by atoms with van der Waals surface area (Å²) in [6.07, 6.45) is 0. The molecule has 0 spiro atoms. The quantitative estimate of drug-likeness (QED) is 0.757. The molecule has 0 amide bonds.